The molecule has 0 bridgehead atoms. The van der Waals surface area contributed by atoms with Crippen LogP contribution < -0.4 is 5.32 Å². The normalized spacial score (nSPS) is 17.4. The lowest BCUT2D eigenvalue weighted by atomic mass is 9.85. The molecule has 138 valence electrons. The molecule has 4 nitrogen and oxygen atoms in total. The molecule has 1 N–H and O–H groups in total. The Morgan fingerprint density at radius 3 is 2.36 bits per heavy atom. The van der Waals surface area contributed by atoms with Crippen LogP contribution in [-0.2, 0) is 20.5 Å². The van der Waals surface area contributed by atoms with E-state index in [0.717, 1.165) is 50.7 Å². The average Bonchev–Trinajstić information content (AvgIpc) is 2.83. The first kappa shape index (κ1) is 19.3. The van der Waals surface area contributed by atoms with E-state index in [4.69, 9.17) is 4.74 Å². The van der Waals surface area contributed by atoms with Crippen LogP contribution in [0.4, 0.5) is 18.9 Å². The van der Waals surface area contributed by atoms with E-state index in [1.807, 2.05) is 0 Å². The lowest BCUT2D eigenvalue weighted by Crippen LogP contribution is -2.36. The molecule has 0 aromatic heterocycles. The van der Waals surface area contributed by atoms with E-state index < -0.39 is 29.5 Å². The van der Waals surface area contributed by atoms with Crippen molar-refractivity contribution in [1.82, 2.24) is 0 Å². The first-order valence-electron chi connectivity index (χ1n) is 8.39. The summed E-state index contributed by atoms with van der Waals surface area (Å²) in [5, 5.41) is 2.45. The van der Waals surface area contributed by atoms with Gasteiger partial charge in [0.25, 0.3) is 0 Å². The lowest BCUT2D eigenvalue weighted by molar-refractivity contribution is -0.151. The van der Waals surface area contributed by atoms with Crippen LogP contribution in [0.15, 0.2) is 24.3 Å². The number of halogens is 3. The molecule has 1 aromatic carbocycles. The topological polar surface area (TPSA) is 55.4 Å². The largest absolute Gasteiger partial charge is 0.468 e. The van der Waals surface area contributed by atoms with Gasteiger partial charge in [-0.2, -0.15) is 13.2 Å². The van der Waals surface area contributed by atoms with Crippen LogP contribution in [0.25, 0.3) is 0 Å². The minimum atomic E-state index is -4.50. The summed E-state index contributed by atoms with van der Waals surface area (Å²) >= 11 is 0. The maximum atomic E-state index is 12.8. The molecule has 1 atom stereocenters. The summed E-state index contributed by atoms with van der Waals surface area (Å²) in [5.74, 6) is -2.41. The molecule has 0 saturated heterocycles. The molecule has 0 aliphatic heterocycles. The first-order chi connectivity index (χ1) is 11.8. The summed E-state index contributed by atoms with van der Waals surface area (Å²) < 4.78 is 43.2. The predicted octanol–water partition coefficient (Wildman–Crippen LogP) is 4.40. The molecule has 1 aliphatic rings. The van der Waals surface area contributed by atoms with E-state index in [1.165, 1.54) is 19.2 Å². The molecule has 1 saturated carbocycles. The maximum absolute atomic E-state index is 12.8. The van der Waals surface area contributed by atoms with Gasteiger partial charge in [0, 0.05) is 5.69 Å². The molecule has 1 aliphatic carbocycles. The molecule has 2 rings (SSSR count). The van der Waals surface area contributed by atoms with Gasteiger partial charge in [0.2, 0.25) is 5.91 Å². The number of nitrogens with one attached hydrogen (secondary N) is 1. The van der Waals surface area contributed by atoms with Crippen LogP contribution in [0.3, 0.4) is 0 Å². The summed E-state index contributed by atoms with van der Waals surface area (Å²) in [5.41, 5.74) is -0.836. The second kappa shape index (κ2) is 8.36. The summed E-state index contributed by atoms with van der Waals surface area (Å²) in [6, 6.07) is 4.38. The number of rotatable bonds is 4. The van der Waals surface area contributed by atoms with Gasteiger partial charge in [-0.25, -0.2) is 0 Å². The number of alkyl halides is 3. The Morgan fingerprint density at radius 1 is 1.16 bits per heavy atom. The Morgan fingerprint density at radius 2 is 1.80 bits per heavy atom. The summed E-state index contributed by atoms with van der Waals surface area (Å²) in [7, 11) is 1.21. The summed E-state index contributed by atoms with van der Waals surface area (Å²) in [4.78, 5) is 24.7. The maximum Gasteiger partial charge on any atom is 0.416 e. The zero-order valence-electron chi connectivity index (χ0n) is 14.1. The Labute approximate surface area is 144 Å². The van der Waals surface area contributed by atoms with Crippen LogP contribution >= 0.6 is 0 Å². The fraction of sp³-hybridized carbons (Fsp3) is 0.556. The molecule has 0 spiro atoms. The van der Waals surface area contributed by atoms with Gasteiger partial charge >= 0.3 is 12.1 Å². The van der Waals surface area contributed by atoms with Crippen molar-refractivity contribution in [1.29, 1.82) is 0 Å². The fourth-order valence-corrected chi connectivity index (χ4v) is 3.28. The smallest absolute Gasteiger partial charge is 0.416 e. The number of anilines is 1. The predicted molar refractivity (Wildman–Crippen MR) is 86.8 cm³/mol. The number of benzene rings is 1. The second-order valence-electron chi connectivity index (χ2n) is 6.32. The second-order valence-corrected chi connectivity index (χ2v) is 6.32. The van der Waals surface area contributed by atoms with Crippen LogP contribution in [0.1, 0.15) is 44.1 Å². The molecule has 1 amide bonds. The first-order valence-corrected chi connectivity index (χ1v) is 8.39. The lowest BCUT2D eigenvalue weighted by Gasteiger charge is -2.23. The monoisotopic (exact) mass is 357 g/mol. The Balaban J connectivity index is 2.18. The molecule has 0 radical (unpaired) electrons. The van der Waals surface area contributed by atoms with E-state index in [0.29, 0.717) is 0 Å². The van der Waals surface area contributed by atoms with Crippen molar-refractivity contribution in [3.8, 4) is 0 Å². The number of amides is 1. The molecule has 25 heavy (non-hydrogen) atoms. The van der Waals surface area contributed by atoms with Gasteiger partial charge in [0.05, 0.1) is 12.7 Å². The van der Waals surface area contributed by atoms with Crippen molar-refractivity contribution in [2.24, 2.45) is 11.8 Å². The number of ether oxygens (including phenoxy) is 1. The van der Waals surface area contributed by atoms with Crippen LogP contribution in [0, 0.1) is 11.8 Å². The minimum absolute atomic E-state index is 0.0161. The molecular weight excluding hydrogens is 335 g/mol. The highest BCUT2D eigenvalue weighted by molar-refractivity contribution is 6.05. The Kier molecular flexibility index (Phi) is 6.45. The van der Waals surface area contributed by atoms with E-state index >= 15 is 0 Å². The van der Waals surface area contributed by atoms with Gasteiger partial charge in [-0.1, -0.05) is 31.7 Å². The van der Waals surface area contributed by atoms with Gasteiger partial charge in [0.15, 0.2) is 0 Å². The van der Waals surface area contributed by atoms with Crippen molar-refractivity contribution >= 4 is 17.6 Å². The fourth-order valence-electron chi connectivity index (χ4n) is 3.28. The Bertz CT molecular complexity index is 608. The quantitative estimate of drug-likeness (QED) is 0.494. The average molecular weight is 357 g/mol. The minimum Gasteiger partial charge on any atom is -0.468 e. The zero-order valence-corrected chi connectivity index (χ0v) is 14.1. The highest BCUT2D eigenvalue weighted by Crippen LogP contribution is 2.33. The van der Waals surface area contributed by atoms with Crippen LogP contribution in [0.2, 0.25) is 0 Å². The molecule has 7 heteroatoms. The van der Waals surface area contributed by atoms with Crippen molar-refractivity contribution in [3.05, 3.63) is 29.8 Å². The third-order valence-electron chi connectivity index (χ3n) is 4.57. The van der Waals surface area contributed by atoms with E-state index in [-0.39, 0.29) is 11.6 Å². The highest BCUT2D eigenvalue weighted by atomic mass is 19.4. The summed E-state index contributed by atoms with van der Waals surface area (Å²) in [6.45, 7) is 0. The number of hydrogen-bond donors (Lipinski definition) is 1. The highest BCUT2D eigenvalue weighted by Gasteiger charge is 2.36. The molecular formula is C18H22F3NO3. The van der Waals surface area contributed by atoms with Gasteiger partial charge in [-0.05, 0) is 37.0 Å². The van der Waals surface area contributed by atoms with E-state index in [9.17, 15) is 22.8 Å². The standard InChI is InChI=1S/C18H22F3NO3/c1-25-17(24)15(12-7-4-2-3-5-8-12)16(23)22-14-10-6-9-13(11-14)18(19,20)21/h6,9-12,15H,2-5,7-8H2,1H3,(H,22,23)/t15-/m0/s1. The molecule has 1 fully saturated rings. The van der Waals surface area contributed by atoms with Gasteiger partial charge in [-0.15, -0.1) is 0 Å². The number of carbonyl (C=O) groups excluding carboxylic acids is 2. The van der Waals surface area contributed by atoms with Gasteiger partial charge in [0.1, 0.15) is 5.92 Å². The molecule has 0 unspecified atom stereocenters. The zero-order chi connectivity index (χ0) is 18.4. The number of methoxy groups -OCH3 is 1. The van der Waals surface area contributed by atoms with Crippen LogP contribution in [-0.4, -0.2) is 19.0 Å². The number of carbonyl (C=O) groups is 2. The van der Waals surface area contributed by atoms with E-state index in [2.05, 4.69) is 5.32 Å². The number of hydrogen-bond acceptors (Lipinski definition) is 3. The molecule has 1 aromatic rings. The Hall–Kier alpha value is -2.05. The van der Waals surface area contributed by atoms with Crippen molar-refractivity contribution < 1.29 is 27.5 Å². The van der Waals surface area contributed by atoms with Crippen LogP contribution in [0.5, 0.6) is 0 Å². The molecule has 0 heterocycles. The summed E-state index contributed by atoms with van der Waals surface area (Å²) in [6.07, 6.45) is 0.929. The van der Waals surface area contributed by atoms with E-state index in [1.54, 1.807) is 0 Å². The van der Waals surface area contributed by atoms with Crippen molar-refractivity contribution in [2.45, 2.75) is 44.7 Å². The third kappa shape index (κ3) is 5.21. The SMILES string of the molecule is COC(=O)[C@H](C(=O)Nc1cccc(C(F)(F)F)c1)C1CCCCCC1. The van der Waals surface area contributed by atoms with Crippen molar-refractivity contribution in [3.63, 3.8) is 0 Å². The third-order valence-corrected chi connectivity index (χ3v) is 4.57. The van der Waals surface area contributed by atoms with Crippen molar-refractivity contribution in [2.75, 3.05) is 12.4 Å². The van der Waals surface area contributed by atoms with Gasteiger partial charge in [-0.3, -0.25) is 9.59 Å². The van der Waals surface area contributed by atoms with Gasteiger partial charge < -0.3 is 10.1 Å². The number of esters is 1.